The van der Waals surface area contributed by atoms with Crippen molar-refractivity contribution in [3.8, 4) is 17.7 Å². The molecule has 0 spiro atoms. The van der Waals surface area contributed by atoms with Crippen LogP contribution < -0.4 is 4.74 Å². The van der Waals surface area contributed by atoms with E-state index in [0.29, 0.717) is 10.9 Å². The Hall–Kier alpha value is -3.47. The van der Waals surface area contributed by atoms with Crippen molar-refractivity contribution >= 4 is 29.1 Å². The highest BCUT2D eigenvalue weighted by molar-refractivity contribution is 5.99. The molecular weight excluding hydrogens is 354 g/mol. The summed E-state index contributed by atoms with van der Waals surface area (Å²) in [5, 5.41) is 0.502. The van der Waals surface area contributed by atoms with Gasteiger partial charge in [-0.05, 0) is 32.8 Å². The Balaban J connectivity index is 2.68. The Morgan fingerprint density at radius 2 is 1.63 bits per heavy atom. The molecule has 0 radical (unpaired) electrons. The molecule has 27 heavy (non-hydrogen) atoms. The molecule has 0 N–H and O–H groups in total. The van der Waals surface area contributed by atoms with Gasteiger partial charge >= 0.3 is 18.2 Å². The van der Waals surface area contributed by atoms with E-state index in [1.54, 1.807) is 45.0 Å². The second-order valence-electron chi connectivity index (χ2n) is 4.99. The summed E-state index contributed by atoms with van der Waals surface area (Å²) in [6.07, 6.45) is -1.76. The van der Waals surface area contributed by atoms with Crippen molar-refractivity contribution in [2.75, 3.05) is 19.8 Å². The number of benzene rings is 1. The highest BCUT2D eigenvalue weighted by Gasteiger charge is 2.25. The van der Waals surface area contributed by atoms with Crippen molar-refractivity contribution < 1.29 is 33.3 Å². The van der Waals surface area contributed by atoms with E-state index in [0.717, 1.165) is 4.57 Å². The lowest BCUT2D eigenvalue weighted by atomic mass is 10.2. The molecule has 0 saturated carbocycles. The second-order valence-corrected chi connectivity index (χ2v) is 4.99. The minimum atomic E-state index is -1.01. The number of carbonyl (C=O) groups is 3. The van der Waals surface area contributed by atoms with Gasteiger partial charge < -0.3 is 18.9 Å². The molecule has 1 aromatic heterocycles. The quantitative estimate of drug-likeness (QED) is 0.462. The van der Waals surface area contributed by atoms with E-state index in [1.807, 2.05) is 0 Å². The fourth-order valence-electron chi connectivity index (χ4n) is 2.31. The molecule has 2 rings (SSSR count). The third-order valence-electron chi connectivity index (χ3n) is 3.29. The largest absolute Gasteiger partial charge is 0.515 e. The minimum absolute atomic E-state index is 0.0856. The molecule has 8 heteroatoms. The van der Waals surface area contributed by atoms with Crippen molar-refractivity contribution in [3.63, 3.8) is 0 Å². The van der Waals surface area contributed by atoms with E-state index in [2.05, 4.69) is 11.8 Å². The molecule has 1 aromatic carbocycles. The van der Waals surface area contributed by atoms with Crippen molar-refractivity contribution in [1.82, 2.24) is 4.57 Å². The molecular formula is C19H19NO7. The van der Waals surface area contributed by atoms with Gasteiger partial charge in [0.1, 0.15) is 0 Å². The highest BCUT2D eigenvalue weighted by Crippen LogP contribution is 2.32. The first-order valence-corrected chi connectivity index (χ1v) is 8.37. The predicted molar refractivity (Wildman–Crippen MR) is 95.5 cm³/mol. The maximum atomic E-state index is 12.4. The van der Waals surface area contributed by atoms with E-state index in [4.69, 9.17) is 18.9 Å². The SMILES string of the molecule is CCOC(=O)C#Cc1c(OC(=O)OCC)n(C(=O)OCC)c2ccccc12. The summed E-state index contributed by atoms with van der Waals surface area (Å²) < 4.78 is 20.9. The normalized spacial score (nSPS) is 9.89. The van der Waals surface area contributed by atoms with E-state index in [9.17, 15) is 14.4 Å². The van der Waals surface area contributed by atoms with Gasteiger partial charge in [-0.3, -0.25) is 0 Å². The molecule has 0 aliphatic rings. The summed E-state index contributed by atoms with van der Waals surface area (Å²) in [5.74, 6) is 4.00. The van der Waals surface area contributed by atoms with Crippen LogP contribution in [0.25, 0.3) is 10.9 Å². The number of aromatic nitrogens is 1. The summed E-state index contributed by atoms with van der Waals surface area (Å²) in [6, 6.07) is 6.74. The van der Waals surface area contributed by atoms with Gasteiger partial charge in [-0.1, -0.05) is 18.2 Å². The molecule has 0 unspecified atom stereocenters. The van der Waals surface area contributed by atoms with Crippen LogP contribution in [0, 0.1) is 11.8 Å². The molecule has 2 aromatic rings. The van der Waals surface area contributed by atoms with Gasteiger partial charge in [0.25, 0.3) is 0 Å². The maximum absolute atomic E-state index is 12.4. The molecule has 8 nitrogen and oxygen atoms in total. The zero-order valence-corrected chi connectivity index (χ0v) is 15.2. The molecule has 142 valence electrons. The predicted octanol–water partition coefficient (Wildman–Crippen LogP) is 3.10. The number of nitrogens with zero attached hydrogens (tertiary/aromatic N) is 1. The van der Waals surface area contributed by atoms with Crippen LogP contribution in [0.4, 0.5) is 9.59 Å². The number of esters is 1. The standard InChI is InChI=1S/C19H19NO7/c1-4-24-16(21)12-11-14-13-9-7-8-10-15(13)20(18(22)25-5-2)17(14)27-19(23)26-6-3/h7-10H,4-6H2,1-3H3. The molecule has 0 aliphatic carbocycles. The zero-order valence-electron chi connectivity index (χ0n) is 15.2. The minimum Gasteiger partial charge on any atom is -0.456 e. The highest BCUT2D eigenvalue weighted by atomic mass is 16.7. The van der Waals surface area contributed by atoms with Gasteiger partial charge in [-0.25, -0.2) is 19.0 Å². The summed E-state index contributed by atoms with van der Waals surface area (Å²) >= 11 is 0. The molecule has 0 amide bonds. The zero-order chi connectivity index (χ0) is 19.8. The van der Waals surface area contributed by atoms with Crippen LogP contribution in [0.1, 0.15) is 26.3 Å². The molecule has 1 heterocycles. The lowest BCUT2D eigenvalue weighted by Crippen LogP contribution is -2.19. The van der Waals surface area contributed by atoms with Gasteiger partial charge in [0.05, 0.1) is 30.9 Å². The Morgan fingerprint density at radius 1 is 0.963 bits per heavy atom. The number of hydrogen-bond donors (Lipinski definition) is 0. The van der Waals surface area contributed by atoms with Crippen molar-refractivity contribution in [1.29, 1.82) is 0 Å². The number of carbonyl (C=O) groups excluding carboxylic acids is 3. The first-order chi connectivity index (χ1) is 13.0. The molecule has 0 fully saturated rings. The third kappa shape index (κ3) is 4.58. The topological polar surface area (TPSA) is 93.1 Å². The van der Waals surface area contributed by atoms with Crippen LogP contribution in [0.15, 0.2) is 24.3 Å². The maximum Gasteiger partial charge on any atom is 0.515 e. The van der Waals surface area contributed by atoms with E-state index in [-0.39, 0.29) is 31.3 Å². The van der Waals surface area contributed by atoms with Crippen molar-refractivity contribution in [2.24, 2.45) is 0 Å². The molecule has 0 aliphatic heterocycles. The average Bonchev–Trinajstić information content (AvgIpc) is 2.93. The van der Waals surface area contributed by atoms with Crippen LogP contribution in [0.3, 0.4) is 0 Å². The van der Waals surface area contributed by atoms with E-state index in [1.165, 1.54) is 0 Å². The fraction of sp³-hybridized carbons (Fsp3) is 0.316. The number of ether oxygens (including phenoxy) is 4. The van der Waals surface area contributed by atoms with Crippen molar-refractivity contribution in [3.05, 3.63) is 29.8 Å². The van der Waals surface area contributed by atoms with E-state index < -0.39 is 18.2 Å². The van der Waals surface area contributed by atoms with Crippen LogP contribution in [-0.4, -0.2) is 42.6 Å². The first-order valence-electron chi connectivity index (χ1n) is 8.37. The summed E-state index contributed by atoms with van der Waals surface area (Å²) in [6.45, 7) is 5.29. The lowest BCUT2D eigenvalue weighted by Gasteiger charge is -2.09. The van der Waals surface area contributed by atoms with Gasteiger partial charge in [0.15, 0.2) is 0 Å². The van der Waals surface area contributed by atoms with Gasteiger partial charge in [-0.15, -0.1) is 0 Å². The number of rotatable bonds is 4. The summed E-state index contributed by atoms with van der Waals surface area (Å²) in [7, 11) is 0. The Bertz CT molecular complexity index is 917. The molecule has 0 bridgehead atoms. The summed E-state index contributed by atoms with van der Waals surface area (Å²) in [4.78, 5) is 35.9. The fourth-order valence-corrected chi connectivity index (χ4v) is 2.31. The second kappa shape index (κ2) is 9.29. The first kappa shape index (κ1) is 19.8. The Kier molecular flexibility index (Phi) is 6.83. The van der Waals surface area contributed by atoms with Crippen LogP contribution in [-0.2, 0) is 19.0 Å². The average molecular weight is 373 g/mol. The molecule has 0 atom stereocenters. The van der Waals surface area contributed by atoms with Crippen LogP contribution in [0.2, 0.25) is 0 Å². The third-order valence-corrected chi connectivity index (χ3v) is 3.29. The molecule has 0 saturated heterocycles. The van der Waals surface area contributed by atoms with Gasteiger partial charge in [0.2, 0.25) is 5.88 Å². The lowest BCUT2D eigenvalue weighted by molar-refractivity contribution is -0.136. The van der Waals surface area contributed by atoms with Gasteiger partial charge in [-0.2, -0.15) is 0 Å². The van der Waals surface area contributed by atoms with Crippen LogP contribution in [0.5, 0.6) is 5.88 Å². The van der Waals surface area contributed by atoms with Crippen molar-refractivity contribution in [2.45, 2.75) is 20.8 Å². The van der Waals surface area contributed by atoms with Gasteiger partial charge in [0, 0.05) is 11.3 Å². The number of hydrogen-bond acceptors (Lipinski definition) is 7. The van der Waals surface area contributed by atoms with Crippen LogP contribution >= 0.6 is 0 Å². The van der Waals surface area contributed by atoms with E-state index >= 15 is 0 Å². The monoisotopic (exact) mass is 373 g/mol. The Morgan fingerprint density at radius 3 is 2.30 bits per heavy atom. The number of para-hydroxylation sites is 1. The summed E-state index contributed by atoms with van der Waals surface area (Å²) in [5.41, 5.74) is 0.572. The number of fused-ring (bicyclic) bond motifs is 1. The Labute approximate surface area is 155 Å². The smallest absolute Gasteiger partial charge is 0.456 e.